The van der Waals surface area contributed by atoms with E-state index in [9.17, 15) is 5.11 Å². The van der Waals surface area contributed by atoms with Gasteiger partial charge in [0.05, 0.1) is 5.60 Å². The molecule has 0 bridgehead atoms. The lowest BCUT2D eigenvalue weighted by Crippen LogP contribution is -2.31. The molecule has 0 heterocycles. The van der Waals surface area contributed by atoms with Gasteiger partial charge in [0.2, 0.25) is 0 Å². The molecule has 0 fully saturated rings. The SMILES string of the molecule is CCC(C)(O)COc1ccc2cc(Br)ccc2c1. The van der Waals surface area contributed by atoms with Gasteiger partial charge in [0.25, 0.3) is 0 Å². The quantitative estimate of drug-likeness (QED) is 0.919. The Kier molecular flexibility index (Phi) is 3.93. The number of aliphatic hydroxyl groups is 1. The monoisotopic (exact) mass is 308 g/mol. The van der Waals surface area contributed by atoms with Crippen molar-refractivity contribution in [2.45, 2.75) is 25.9 Å². The third-order valence-corrected chi connectivity index (χ3v) is 3.58. The van der Waals surface area contributed by atoms with Crippen LogP contribution in [0.3, 0.4) is 0 Å². The summed E-state index contributed by atoms with van der Waals surface area (Å²) in [5.74, 6) is 0.790. The Morgan fingerprint density at radius 3 is 2.56 bits per heavy atom. The lowest BCUT2D eigenvalue weighted by atomic mass is 10.1. The predicted molar refractivity (Wildman–Crippen MR) is 78.1 cm³/mol. The minimum atomic E-state index is -0.769. The molecule has 2 aromatic rings. The number of ether oxygens (including phenoxy) is 1. The summed E-state index contributed by atoms with van der Waals surface area (Å²) in [4.78, 5) is 0. The van der Waals surface area contributed by atoms with Crippen molar-refractivity contribution in [2.24, 2.45) is 0 Å². The average Bonchev–Trinajstić information content (AvgIpc) is 2.36. The second-order valence-corrected chi connectivity index (χ2v) is 5.71. The minimum Gasteiger partial charge on any atom is -0.491 e. The highest BCUT2D eigenvalue weighted by atomic mass is 79.9. The highest BCUT2D eigenvalue weighted by molar-refractivity contribution is 9.10. The molecule has 3 heteroatoms. The normalized spacial score (nSPS) is 14.4. The van der Waals surface area contributed by atoms with Gasteiger partial charge in [-0.1, -0.05) is 35.0 Å². The first-order chi connectivity index (χ1) is 8.50. The van der Waals surface area contributed by atoms with Crippen molar-refractivity contribution < 1.29 is 9.84 Å². The zero-order valence-electron chi connectivity index (χ0n) is 10.6. The highest BCUT2D eigenvalue weighted by Crippen LogP contribution is 2.24. The second kappa shape index (κ2) is 5.29. The first-order valence-corrected chi connectivity index (χ1v) is 6.84. The molecule has 1 atom stereocenters. The van der Waals surface area contributed by atoms with Gasteiger partial charge >= 0.3 is 0 Å². The number of fused-ring (bicyclic) bond motifs is 1. The Balaban J connectivity index is 2.18. The van der Waals surface area contributed by atoms with Crippen LogP contribution in [0.2, 0.25) is 0 Å². The molecule has 1 N–H and O–H groups in total. The molecular formula is C15H17BrO2. The number of hydrogen-bond acceptors (Lipinski definition) is 2. The molecule has 0 saturated carbocycles. The van der Waals surface area contributed by atoms with E-state index in [4.69, 9.17) is 4.74 Å². The summed E-state index contributed by atoms with van der Waals surface area (Å²) < 4.78 is 6.71. The third kappa shape index (κ3) is 3.24. The van der Waals surface area contributed by atoms with Crippen molar-refractivity contribution in [1.82, 2.24) is 0 Å². The number of halogens is 1. The fraction of sp³-hybridized carbons (Fsp3) is 0.333. The van der Waals surface area contributed by atoms with E-state index in [-0.39, 0.29) is 0 Å². The van der Waals surface area contributed by atoms with Gasteiger partial charge in [-0.2, -0.15) is 0 Å². The maximum atomic E-state index is 9.90. The van der Waals surface area contributed by atoms with Gasteiger partial charge in [0, 0.05) is 4.47 Å². The molecular weight excluding hydrogens is 292 g/mol. The molecule has 0 radical (unpaired) electrons. The summed E-state index contributed by atoms with van der Waals surface area (Å²) in [6.07, 6.45) is 0.674. The Bertz CT molecular complexity index is 549. The Hall–Kier alpha value is -1.06. The number of benzene rings is 2. The Morgan fingerprint density at radius 2 is 1.83 bits per heavy atom. The fourth-order valence-electron chi connectivity index (χ4n) is 1.63. The Morgan fingerprint density at radius 1 is 1.17 bits per heavy atom. The van der Waals surface area contributed by atoms with Gasteiger partial charge in [-0.3, -0.25) is 0 Å². The van der Waals surface area contributed by atoms with E-state index in [0.29, 0.717) is 13.0 Å². The van der Waals surface area contributed by atoms with Gasteiger partial charge in [0.1, 0.15) is 12.4 Å². The van der Waals surface area contributed by atoms with Gasteiger partial charge in [0.15, 0.2) is 0 Å². The van der Waals surface area contributed by atoms with Crippen molar-refractivity contribution >= 4 is 26.7 Å². The molecule has 0 aromatic heterocycles. The van der Waals surface area contributed by atoms with Gasteiger partial charge in [-0.25, -0.2) is 0 Å². The van der Waals surface area contributed by atoms with Crippen LogP contribution in [0.15, 0.2) is 40.9 Å². The standard InChI is InChI=1S/C15H17BrO2/c1-3-15(2,17)10-18-14-7-5-11-8-13(16)6-4-12(11)9-14/h4-9,17H,3,10H2,1-2H3. The molecule has 96 valence electrons. The molecule has 2 nitrogen and oxygen atoms in total. The summed E-state index contributed by atoms with van der Waals surface area (Å²) in [6, 6.07) is 12.1. The van der Waals surface area contributed by atoms with Gasteiger partial charge < -0.3 is 9.84 Å². The van der Waals surface area contributed by atoms with E-state index in [1.165, 1.54) is 5.39 Å². The van der Waals surface area contributed by atoms with Crippen molar-refractivity contribution in [2.75, 3.05) is 6.61 Å². The van der Waals surface area contributed by atoms with Crippen LogP contribution >= 0.6 is 15.9 Å². The van der Waals surface area contributed by atoms with E-state index in [1.807, 2.05) is 37.3 Å². The van der Waals surface area contributed by atoms with E-state index < -0.39 is 5.60 Å². The maximum absolute atomic E-state index is 9.90. The zero-order chi connectivity index (χ0) is 13.2. The van der Waals surface area contributed by atoms with E-state index in [0.717, 1.165) is 15.6 Å². The molecule has 1 unspecified atom stereocenters. The molecule has 0 aliphatic heterocycles. The van der Waals surface area contributed by atoms with Crippen LogP contribution in [0.5, 0.6) is 5.75 Å². The summed E-state index contributed by atoms with van der Waals surface area (Å²) in [7, 11) is 0. The van der Waals surface area contributed by atoms with Gasteiger partial charge in [-0.15, -0.1) is 0 Å². The number of hydrogen-bond donors (Lipinski definition) is 1. The molecule has 18 heavy (non-hydrogen) atoms. The van der Waals surface area contributed by atoms with Crippen molar-refractivity contribution in [3.8, 4) is 5.75 Å². The largest absolute Gasteiger partial charge is 0.491 e. The summed E-state index contributed by atoms with van der Waals surface area (Å²) >= 11 is 3.45. The van der Waals surface area contributed by atoms with E-state index >= 15 is 0 Å². The van der Waals surface area contributed by atoms with Crippen LogP contribution in [0.1, 0.15) is 20.3 Å². The van der Waals surface area contributed by atoms with Crippen molar-refractivity contribution in [3.63, 3.8) is 0 Å². The van der Waals surface area contributed by atoms with Crippen molar-refractivity contribution in [3.05, 3.63) is 40.9 Å². The average molecular weight is 309 g/mol. The summed E-state index contributed by atoms with van der Waals surface area (Å²) in [6.45, 7) is 4.04. The highest BCUT2D eigenvalue weighted by Gasteiger charge is 2.18. The molecule has 2 rings (SSSR count). The third-order valence-electron chi connectivity index (χ3n) is 3.09. The maximum Gasteiger partial charge on any atom is 0.120 e. The number of rotatable bonds is 4. The van der Waals surface area contributed by atoms with E-state index in [1.54, 1.807) is 6.92 Å². The zero-order valence-corrected chi connectivity index (χ0v) is 12.2. The van der Waals surface area contributed by atoms with Crippen molar-refractivity contribution in [1.29, 1.82) is 0 Å². The molecule has 2 aromatic carbocycles. The van der Waals surface area contributed by atoms with Crippen LogP contribution in [-0.4, -0.2) is 17.3 Å². The van der Waals surface area contributed by atoms with Gasteiger partial charge in [-0.05, 0) is 48.4 Å². The Labute approximate surface area is 116 Å². The molecule has 0 aliphatic carbocycles. The van der Waals surface area contributed by atoms with Crippen LogP contribution < -0.4 is 4.74 Å². The van der Waals surface area contributed by atoms with Crippen LogP contribution in [0.4, 0.5) is 0 Å². The van der Waals surface area contributed by atoms with E-state index in [2.05, 4.69) is 22.0 Å². The predicted octanol–water partition coefficient (Wildman–Crippen LogP) is 4.14. The second-order valence-electron chi connectivity index (χ2n) is 4.79. The topological polar surface area (TPSA) is 29.5 Å². The van der Waals surface area contributed by atoms with Crippen LogP contribution in [-0.2, 0) is 0 Å². The first kappa shape index (κ1) is 13.4. The smallest absolute Gasteiger partial charge is 0.120 e. The molecule has 0 aliphatic rings. The molecule has 0 saturated heterocycles. The summed E-state index contributed by atoms with van der Waals surface area (Å²) in [5, 5.41) is 12.2. The van der Waals surface area contributed by atoms with Crippen LogP contribution in [0, 0.1) is 0 Å². The minimum absolute atomic E-state index is 0.311. The molecule has 0 spiro atoms. The fourth-order valence-corrected chi connectivity index (χ4v) is 2.00. The molecule has 0 amide bonds. The first-order valence-electron chi connectivity index (χ1n) is 6.05. The van der Waals surface area contributed by atoms with Crippen LogP contribution in [0.25, 0.3) is 10.8 Å². The lowest BCUT2D eigenvalue weighted by Gasteiger charge is -2.21. The lowest BCUT2D eigenvalue weighted by molar-refractivity contribution is 0.00851. The summed E-state index contributed by atoms with van der Waals surface area (Å²) in [5.41, 5.74) is -0.769.